The third-order valence-corrected chi connectivity index (χ3v) is 3.11. The van der Waals surface area contributed by atoms with Gasteiger partial charge >= 0.3 is 6.03 Å². The molecule has 0 aliphatic carbocycles. The van der Waals surface area contributed by atoms with Crippen molar-refractivity contribution in [3.8, 4) is 0 Å². The van der Waals surface area contributed by atoms with Crippen LogP contribution >= 0.6 is 0 Å². The minimum absolute atomic E-state index is 0.178. The van der Waals surface area contributed by atoms with E-state index in [-0.39, 0.29) is 6.03 Å². The minimum atomic E-state index is -0.178. The predicted molar refractivity (Wildman–Crippen MR) is 108 cm³/mol. The molecule has 0 unspecified atom stereocenters. The fourth-order valence-electron chi connectivity index (χ4n) is 1.89. The number of hydrogen-bond donors (Lipinski definition) is 4. The van der Waals surface area contributed by atoms with E-state index in [0.29, 0.717) is 18.8 Å². The first-order chi connectivity index (χ1) is 12.1. The zero-order chi connectivity index (χ0) is 19.1. The molecule has 0 bridgehead atoms. The van der Waals surface area contributed by atoms with Crippen LogP contribution in [0.2, 0.25) is 0 Å². The van der Waals surface area contributed by atoms with Crippen LogP contribution in [0.5, 0.6) is 0 Å². The van der Waals surface area contributed by atoms with Gasteiger partial charge in [0.25, 0.3) is 0 Å². The number of nitrogen functional groups attached to an aromatic ring is 2. The number of amides is 2. The highest BCUT2D eigenvalue weighted by Gasteiger charge is 2.00. The summed E-state index contributed by atoms with van der Waals surface area (Å²) in [6, 6.07) is 14.9. The van der Waals surface area contributed by atoms with E-state index in [0.717, 1.165) is 23.2 Å². The third kappa shape index (κ3) is 9.91. The molecule has 6 N–H and O–H groups in total. The van der Waals surface area contributed by atoms with E-state index in [1.165, 1.54) is 0 Å². The normalized spacial score (nSPS) is 8.96. The second kappa shape index (κ2) is 13.7. The lowest BCUT2D eigenvalue weighted by atomic mass is 10.1. The second-order valence-electron chi connectivity index (χ2n) is 4.84. The van der Waals surface area contributed by atoms with Gasteiger partial charge in [0.05, 0.1) is 0 Å². The van der Waals surface area contributed by atoms with Gasteiger partial charge in [0.2, 0.25) is 0 Å². The van der Waals surface area contributed by atoms with Crippen molar-refractivity contribution in [3.63, 3.8) is 0 Å². The Balaban J connectivity index is 0.00000134. The van der Waals surface area contributed by atoms with Crippen LogP contribution in [0.25, 0.3) is 0 Å². The largest absolute Gasteiger partial charge is 0.399 e. The second-order valence-corrected chi connectivity index (χ2v) is 4.84. The van der Waals surface area contributed by atoms with Crippen molar-refractivity contribution < 1.29 is 4.79 Å². The third-order valence-electron chi connectivity index (χ3n) is 3.11. The van der Waals surface area contributed by atoms with Crippen LogP contribution in [0.1, 0.15) is 38.8 Å². The molecule has 0 aliphatic heterocycles. The summed E-state index contributed by atoms with van der Waals surface area (Å²) in [5.74, 6) is 0. The number of benzene rings is 2. The van der Waals surface area contributed by atoms with Crippen LogP contribution in [-0.2, 0) is 13.0 Å². The lowest BCUT2D eigenvalue weighted by Gasteiger charge is -2.08. The minimum Gasteiger partial charge on any atom is -0.399 e. The number of nitrogens with two attached hydrogens (primary N) is 2. The highest BCUT2D eigenvalue weighted by molar-refractivity contribution is 5.73. The molecule has 0 aromatic heterocycles. The maximum Gasteiger partial charge on any atom is 0.315 e. The fourth-order valence-corrected chi connectivity index (χ4v) is 1.89. The van der Waals surface area contributed by atoms with Crippen LogP contribution in [0.4, 0.5) is 16.2 Å². The Labute approximate surface area is 151 Å². The molecule has 5 heteroatoms. The number of anilines is 2. The highest BCUT2D eigenvalue weighted by Crippen LogP contribution is 2.06. The van der Waals surface area contributed by atoms with E-state index in [4.69, 9.17) is 11.5 Å². The number of carbonyl (C=O) groups is 1. The summed E-state index contributed by atoms with van der Waals surface area (Å²) < 4.78 is 0. The Kier molecular flexibility index (Phi) is 12.2. The van der Waals surface area contributed by atoms with Crippen molar-refractivity contribution in [2.75, 3.05) is 18.0 Å². The van der Waals surface area contributed by atoms with E-state index in [1.807, 2.05) is 76.2 Å². The van der Waals surface area contributed by atoms with Gasteiger partial charge in [0.15, 0.2) is 0 Å². The summed E-state index contributed by atoms with van der Waals surface area (Å²) in [5.41, 5.74) is 14.8. The van der Waals surface area contributed by atoms with Crippen molar-refractivity contribution in [1.82, 2.24) is 10.6 Å². The van der Waals surface area contributed by atoms with Crippen molar-refractivity contribution in [3.05, 3.63) is 59.7 Å². The van der Waals surface area contributed by atoms with Crippen LogP contribution < -0.4 is 22.1 Å². The van der Waals surface area contributed by atoms with Gasteiger partial charge in [0, 0.05) is 24.5 Å². The van der Waals surface area contributed by atoms with Gasteiger partial charge in [0.1, 0.15) is 0 Å². The lowest BCUT2D eigenvalue weighted by molar-refractivity contribution is 0.240. The van der Waals surface area contributed by atoms with E-state index in [1.54, 1.807) is 0 Å². The van der Waals surface area contributed by atoms with E-state index >= 15 is 0 Å². The molecule has 25 heavy (non-hydrogen) atoms. The molecule has 0 saturated heterocycles. The molecule has 2 rings (SSSR count). The molecule has 0 aliphatic rings. The zero-order valence-corrected chi connectivity index (χ0v) is 15.8. The van der Waals surface area contributed by atoms with Gasteiger partial charge in [-0.15, -0.1) is 0 Å². The van der Waals surface area contributed by atoms with Crippen molar-refractivity contribution in [1.29, 1.82) is 0 Å². The smallest absolute Gasteiger partial charge is 0.315 e. The van der Waals surface area contributed by atoms with Crippen LogP contribution in [0.3, 0.4) is 0 Å². The Morgan fingerprint density at radius 1 is 0.760 bits per heavy atom. The molecule has 0 heterocycles. The maximum absolute atomic E-state index is 11.7. The van der Waals surface area contributed by atoms with Gasteiger partial charge < -0.3 is 22.1 Å². The van der Waals surface area contributed by atoms with Gasteiger partial charge in [-0.05, 0) is 41.8 Å². The fraction of sp³-hybridized carbons (Fsp3) is 0.350. The molecule has 138 valence electrons. The molecule has 2 amide bonds. The first kappa shape index (κ1) is 22.3. The molecule has 0 radical (unpaired) electrons. The number of urea groups is 1. The summed E-state index contributed by atoms with van der Waals surface area (Å²) >= 11 is 0. The molecule has 5 nitrogen and oxygen atoms in total. The van der Waals surface area contributed by atoms with Gasteiger partial charge in [-0.3, -0.25) is 0 Å². The molecule has 0 atom stereocenters. The Bertz CT molecular complexity index is 580. The summed E-state index contributed by atoms with van der Waals surface area (Å²) in [5, 5.41) is 5.62. The molecule has 2 aromatic carbocycles. The predicted octanol–water partition coefficient (Wildman–Crippen LogP) is 3.95. The van der Waals surface area contributed by atoms with Crippen molar-refractivity contribution >= 4 is 17.4 Å². The summed E-state index contributed by atoms with van der Waals surface area (Å²) in [4.78, 5) is 11.7. The number of hydrogen-bond acceptors (Lipinski definition) is 3. The first-order valence-electron chi connectivity index (χ1n) is 8.84. The number of rotatable bonds is 5. The van der Waals surface area contributed by atoms with Gasteiger partial charge in [-0.25, -0.2) is 4.79 Å². The first-order valence-corrected chi connectivity index (χ1v) is 8.84. The van der Waals surface area contributed by atoms with Crippen LogP contribution in [-0.4, -0.2) is 12.6 Å². The molecular weight excluding hydrogens is 312 g/mol. The molecule has 0 saturated carbocycles. The topological polar surface area (TPSA) is 93.2 Å². The zero-order valence-electron chi connectivity index (χ0n) is 15.8. The van der Waals surface area contributed by atoms with Crippen LogP contribution in [0, 0.1) is 0 Å². The van der Waals surface area contributed by atoms with Gasteiger partial charge in [-0.1, -0.05) is 52.0 Å². The standard InChI is InChI=1S/C16H20N4O.2C2H6/c17-14-5-1-12(2-6-14)9-10-19-16(21)20-11-13-3-7-15(18)8-4-13;2*1-2/h1-8H,9-11,17-18H2,(H2,19,20,21);2*1-2H3. The lowest BCUT2D eigenvalue weighted by Crippen LogP contribution is -2.36. The Morgan fingerprint density at radius 2 is 1.20 bits per heavy atom. The van der Waals surface area contributed by atoms with Gasteiger partial charge in [-0.2, -0.15) is 0 Å². The molecule has 0 fully saturated rings. The Morgan fingerprint density at radius 3 is 1.68 bits per heavy atom. The Hall–Kier alpha value is -2.69. The molecule has 2 aromatic rings. The average Bonchev–Trinajstić information content (AvgIpc) is 2.66. The number of nitrogens with one attached hydrogen (secondary N) is 2. The quantitative estimate of drug-likeness (QED) is 0.619. The maximum atomic E-state index is 11.7. The average molecular weight is 345 g/mol. The van der Waals surface area contributed by atoms with Crippen molar-refractivity contribution in [2.24, 2.45) is 0 Å². The van der Waals surface area contributed by atoms with E-state index in [9.17, 15) is 4.79 Å². The highest BCUT2D eigenvalue weighted by atomic mass is 16.2. The summed E-state index contributed by atoms with van der Waals surface area (Å²) in [6.45, 7) is 9.06. The monoisotopic (exact) mass is 344 g/mol. The summed E-state index contributed by atoms with van der Waals surface area (Å²) in [7, 11) is 0. The van der Waals surface area contributed by atoms with E-state index in [2.05, 4.69) is 10.6 Å². The SMILES string of the molecule is CC.CC.Nc1ccc(CCNC(=O)NCc2ccc(N)cc2)cc1. The molecule has 0 spiro atoms. The molecular formula is C20H32N4O. The van der Waals surface area contributed by atoms with Crippen molar-refractivity contribution in [2.45, 2.75) is 40.7 Å². The van der Waals surface area contributed by atoms with E-state index < -0.39 is 0 Å². The number of carbonyl (C=O) groups excluding carboxylic acids is 1. The summed E-state index contributed by atoms with van der Waals surface area (Å²) in [6.07, 6.45) is 0.773. The van der Waals surface area contributed by atoms with Crippen LogP contribution in [0.15, 0.2) is 48.5 Å².